The first-order valence-electron chi connectivity index (χ1n) is 9.84. The average Bonchev–Trinajstić information content (AvgIpc) is 3.29. The first-order chi connectivity index (χ1) is 14.3. The highest BCUT2D eigenvalue weighted by atomic mass is 16.6. The second kappa shape index (κ2) is 7.94. The van der Waals surface area contributed by atoms with Crippen molar-refractivity contribution >= 4 is 11.6 Å². The smallest absolute Gasteiger partial charge is 0.407 e. The van der Waals surface area contributed by atoms with E-state index >= 15 is 0 Å². The zero-order valence-electron chi connectivity index (χ0n) is 17.5. The van der Waals surface area contributed by atoms with Gasteiger partial charge in [0.05, 0.1) is 43.5 Å². The number of amides is 1. The van der Waals surface area contributed by atoms with Crippen LogP contribution in [0.15, 0.2) is 30.9 Å². The Balaban J connectivity index is 1.49. The van der Waals surface area contributed by atoms with Crippen LogP contribution in [-0.4, -0.2) is 61.4 Å². The molecule has 1 N–H and O–H groups in total. The molecule has 1 aliphatic rings. The number of rotatable bonds is 4. The standard InChI is InChI=1S/C20H26N6O4/c1-20(2,3)30-19(27)23-14-7-15(12-28-11-14)29-18-17-5-6-21-26(17)10-16(24-18)13-8-22-25(4)9-13/h5-6,8-10,14-15H,7,11-12H2,1-4H3,(H,23,27)/t14-,15-/m0/s1. The minimum absolute atomic E-state index is 0.207. The van der Waals surface area contributed by atoms with E-state index in [9.17, 15) is 4.79 Å². The van der Waals surface area contributed by atoms with Gasteiger partial charge in [0.1, 0.15) is 17.2 Å². The van der Waals surface area contributed by atoms with Crippen LogP contribution >= 0.6 is 0 Å². The Labute approximate surface area is 174 Å². The van der Waals surface area contributed by atoms with Crippen molar-refractivity contribution in [3.8, 4) is 17.1 Å². The second-order valence-electron chi connectivity index (χ2n) is 8.35. The number of carbonyl (C=O) groups excluding carboxylic acids is 1. The van der Waals surface area contributed by atoms with E-state index in [1.807, 2.05) is 46.3 Å². The van der Waals surface area contributed by atoms with Gasteiger partial charge in [-0.2, -0.15) is 10.2 Å². The summed E-state index contributed by atoms with van der Waals surface area (Å²) < 4.78 is 20.6. The molecule has 30 heavy (non-hydrogen) atoms. The zero-order chi connectivity index (χ0) is 21.3. The van der Waals surface area contributed by atoms with E-state index in [0.29, 0.717) is 31.2 Å². The fourth-order valence-corrected chi connectivity index (χ4v) is 3.29. The maximum absolute atomic E-state index is 12.1. The van der Waals surface area contributed by atoms with Crippen LogP contribution < -0.4 is 10.1 Å². The molecule has 4 heterocycles. The third-order valence-electron chi connectivity index (χ3n) is 4.53. The average molecular weight is 414 g/mol. The van der Waals surface area contributed by atoms with Crippen LogP contribution in [0.4, 0.5) is 4.79 Å². The van der Waals surface area contributed by atoms with Crippen molar-refractivity contribution in [2.75, 3.05) is 13.2 Å². The van der Waals surface area contributed by atoms with Gasteiger partial charge in [-0.1, -0.05) is 0 Å². The molecule has 1 fully saturated rings. The number of aryl methyl sites for hydroxylation is 1. The van der Waals surface area contributed by atoms with Crippen molar-refractivity contribution in [3.05, 3.63) is 30.9 Å². The lowest BCUT2D eigenvalue weighted by molar-refractivity contribution is -0.0163. The summed E-state index contributed by atoms with van der Waals surface area (Å²) in [7, 11) is 1.85. The maximum Gasteiger partial charge on any atom is 0.407 e. The summed E-state index contributed by atoms with van der Waals surface area (Å²) >= 11 is 0. The number of hydrogen-bond donors (Lipinski definition) is 1. The first-order valence-corrected chi connectivity index (χ1v) is 9.84. The van der Waals surface area contributed by atoms with Crippen LogP contribution in [0.1, 0.15) is 27.2 Å². The molecule has 10 nitrogen and oxygen atoms in total. The molecule has 0 spiro atoms. The van der Waals surface area contributed by atoms with Gasteiger partial charge in [-0.3, -0.25) is 4.68 Å². The molecule has 1 aliphatic heterocycles. The lowest BCUT2D eigenvalue weighted by atomic mass is 10.1. The molecule has 1 saturated heterocycles. The molecule has 0 aromatic carbocycles. The molecule has 0 saturated carbocycles. The topological polar surface area (TPSA) is 105 Å². The number of nitrogens with one attached hydrogen (secondary N) is 1. The molecule has 0 unspecified atom stereocenters. The van der Waals surface area contributed by atoms with E-state index in [1.54, 1.807) is 21.6 Å². The van der Waals surface area contributed by atoms with Crippen LogP contribution in [-0.2, 0) is 16.5 Å². The maximum atomic E-state index is 12.1. The summed E-state index contributed by atoms with van der Waals surface area (Å²) in [5.41, 5.74) is 1.77. The van der Waals surface area contributed by atoms with Crippen LogP contribution in [0.2, 0.25) is 0 Å². The molecule has 0 aliphatic carbocycles. The van der Waals surface area contributed by atoms with Crippen molar-refractivity contribution in [3.63, 3.8) is 0 Å². The van der Waals surface area contributed by atoms with E-state index in [0.717, 1.165) is 11.1 Å². The number of hydrogen-bond acceptors (Lipinski definition) is 7. The summed E-state index contributed by atoms with van der Waals surface area (Å²) in [6, 6.07) is 1.64. The molecular weight excluding hydrogens is 388 g/mol. The minimum atomic E-state index is -0.556. The highest BCUT2D eigenvalue weighted by molar-refractivity contribution is 5.68. The largest absolute Gasteiger partial charge is 0.470 e. The van der Waals surface area contributed by atoms with E-state index < -0.39 is 11.7 Å². The Hall–Kier alpha value is -3.14. The van der Waals surface area contributed by atoms with Crippen molar-refractivity contribution in [1.29, 1.82) is 0 Å². The number of fused-ring (bicyclic) bond motifs is 1. The highest BCUT2D eigenvalue weighted by Crippen LogP contribution is 2.26. The zero-order valence-corrected chi connectivity index (χ0v) is 17.5. The highest BCUT2D eigenvalue weighted by Gasteiger charge is 2.28. The Kier molecular flexibility index (Phi) is 5.33. The van der Waals surface area contributed by atoms with Crippen LogP contribution in [0.25, 0.3) is 16.8 Å². The van der Waals surface area contributed by atoms with Gasteiger partial charge in [-0.05, 0) is 26.8 Å². The van der Waals surface area contributed by atoms with Crippen molar-refractivity contribution in [2.24, 2.45) is 7.05 Å². The van der Waals surface area contributed by atoms with Crippen molar-refractivity contribution in [2.45, 2.75) is 44.9 Å². The number of alkyl carbamates (subject to hydrolysis) is 1. The van der Waals surface area contributed by atoms with Crippen LogP contribution in [0.3, 0.4) is 0 Å². The Bertz CT molecular complexity index is 1040. The molecule has 4 rings (SSSR count). The minimum Gasteiger partial charge on any atom is -0.470 e. The number of nitrogens with zero attached hydrogens (tertiary/aromatic N) is 5. The first kappa shape index (κ1) is 20.1. The number of aromatic nitrogens is 5. The molecule has 0 radical (unpaired) electrons. The summed E-state index contributed by atoms with van der Waals surface area (Å²) in [4.78, 5) is 16.8. The molecule has 1 amide bonds. The van der Waals surface area contributed by atoms with Gasteiger partial charge in [0.15, 0.2) is 0 Å². The Morgan fingerprint density at radius 3 is 2.83 bits per heavy atom. The van der Waals surface area contributed by atoms with Gasteiger partial charge in [0.2, 0.25) is 5.88 Å². The van der Waals surface area contributed by atoms with Crippen molar-refractivity contribution < 1.29 is 19.0 Å². The lowest BCUT2D eigenvalue weighted by Crippen LogP contribution is -2.48. The van der Waals surface area contributed by atoms with E-state index in [-0.39, 0.29) is 12.1 Å². The SMILES string of the molecule is Cn1cc(-c2cn3nccc3c(O[C@@H]3COC[C@@H](NC(=O)OC(C)(C)C)C3)n2)cn1. The lowest BCUT2D eigenvalue weighted by Gasteiger charge is -2.30. The third kappa shape index (κ3) is 4.70. The molecular formula is C20H26N6O4. The molecule has 2 atom stereocenters. The van der Waals surface area contributed by atoms with E-state index in [2.05, 4.69) is 20.5 Å². The Morgan fingerprint density at radius 2 is 2.10 bits per heavy atom. The molecule has 3 aromatic rings. The fraction of sp³-hybridized carbons (Fsp3) is 0.500. The monoisotopic (exact) mass is 414 g/mol. The molecule has 0 bridgehead atoms. The van der Waals surface area contributed by atoms with Gasteiger partial charge in [-0.15, -0.1) is 0 Å². The van der Waals surface area contributed by atoms with Crippen LogP contribution in [0, 0.1) is 0 Å². The van der Waals surface area contributed by atoms with Crippen molar-refractivity contribution in [1.82, 2.24) is 29.7 Å². The van der Waals surface area contributed by atoms with Crippen LogP contribution in [0.5, 0.6) is 5.88 Å². The summed E-state index contributed by atoms with van der Waals surface area (Å²) in [5.74, 6) is 0.459. The van der Waals surface area contributed by atoms with Gasteiger partial charge in [0.25, 0.3) is 0 Å². The van der Waals surface area contributed by atoms with Gasteiger partial charge in [-0.25, -0.2) is 14.3 Å². The molecule has 10 heteroatoms. The number of carbonyl (C=O) groups is 1. The van der Waals surface area contributed by atoms with Gasteiger partial charge in [0, 0.05) is 25.2 Å². The molecule has 3 aromatic heterocycles. The summed E-state index contributed by atoms with van der Waals surface area (Å²) in [6.07, 6.45) is 7.00. The second-order valence-corrected chi connectivity index (χ2v) is 8.35. The normalized spacial score (nSPS) is 19.6. The fourth-order valence-electron chi connectivity index (χ4n) is 3.29. The Morgan fingerprint density at radius 1 is 1.27 bits per heavy atom. The predicted octanol–water partition coefficient (Wildman–Crippen LogP) is 2.19. The molecule has 160 valence electrons. The van der Waals surface area contributed by atoms with E-state index in [1.165, 1.54) is 0 Å². The third-order valence-corrected chi connectivity index (χ3v) is 4.53. The quantitative estimate of drug-likeness (QED) is 0.698. The predicted molar refractivity (Wildman–Crippen MR) is 108 cm³/mol. The summed E-state index contributed by atoms with van der Waals surface area (Å²) in [6.45, 7) is 6.30. The van der Waals surface area contributed by atoms with Gasteiger partial charge >= 0.3 is 6.09 Å². The number of ether oxygens (including phenoxy) is 3. The summed E-state index contributed by atoms with van der Waals surface area (Å²) in [5, 5.41) is 11.4. The van der Waals surface area contributed by atoms with E-state index in [4.69, 9.17) is 14.2 Å². The van der Waals surface area contributed by atoms with Gasteiger partial charge < -0.3 is 19.5 Å².